The van der Waals surface area contributed by atoms with Crippen molar-refractivity contribution in [3.63, 3.8) is 0 Å². The lowest BCUT2D eigenvalue weighted by Gasteiger charge is -2.15. The molecule has 0 spiro atoms. The van der Waals surface area contributed by atoms with Crippen molar-refractivity contribution in [2.45, 2.75) is 28.4 Å². The van der Waals surface area contributed by atoms with Crippen molar-refractivity contribution < 1.29 is 13.2 Å². The average Bonchev–Trinajstić information content (AvgIpc) is 2.75. The van der Waals surface area contributed by atoms with Gasteiger partial charge < -0.3 is 5.32 Å². The van der Waals surface area contributed by atoms with Gasteiger partial charge in [-0.25, -0.2) is 8.42 Å². The second-order valence-electron chi connectivity index (χ2n) is 6.71. The van der Waals surface area contributed by atoms with Gasteiger partial charge in [0.15, 0.2) is 0 Å². The number of benzene rings is 3. The van der Waals surface area contributed by atoms with Gasteiger partial charge in [-0.15, -0.1) is 11.8 Å². The first-order valence-corrected chi connectivity index (χ1v) is 13.0. The van der Waals surface area contributed by atoms with Gasteiger partial charge in [0.2, 0.25) is 5.91 Å². The van der Waals surface area contributed by atoms with Gasteiger partial charge in [-0.3, -0.25) is 9.52 Å². The Hall–Kier alpha value is -1.90. The summed E-state index contributed by atoms with van der Waals surface area (Å²) >= 11 is 19.2. The average molecular weight is 530 g/mol. The summed E-state index contributed by atoms with van der Waals surface area (Å²) < 4.78 is 27.7. The first-order chi connectivity index (χ1) is 15.2. The van der Waals surface area contributed by atoms with Crippen molar-refractivity contribution in [2.75, 3.05) is 10.0 Å². The van der Waals surface area contributed by atoms with Crippen LogP contribution < -0.4 is 10.0 Å². The van der Waals surface area contributed by atoms with Crippen molar-refractivity contribution >= 4 is 73.9 Å². The summed E-state index contributed by atoms with van der Waals surface area (Å²) in [5.74, 6) is -0.172. The fourth-order valence-electron chi connectivity index (χ4n) is 2.72. The summed E-state index contributed by atoms with van der Waals surface area (Å²) in [6, 6.07) is 17.7. The SMILES string of the molecule is CC[C@@H](Sc1ccc(Cl)cc1)C(=O)Nc1ccc(S(=O)(=O)Nc2ccc(Cl)cc2Cl)cc1. The first kappa shape index (κ1) is 24.7. The van der Waals surface area contributed by atoms with Gasteiger partial charge in [0.25, 0.3) is 10.0 Å². The zero-order chi connectivity index (χ0) is 23.3. The summed E-state index contributed by atoms with van der Waals surface area (Å²) in [4.78, 5) is 13.7. The van der Waals surface area contributed by atoms with E-state index in [1.807, 2.05) is 19.1 Å². The number of carbonyl (C=O) groups excluding carboxylic acids is 1. The molecule has 168 valence electrons. The Labute approximate surface area is 206 Å². The van der Waals surface area contributed by atoms with E-state index < -0.39 is 10.0 Å². The topological polar surface area (TPSA) is 75.3 Å². The maximum absolute atomic E-state index is 12.7. The molecule has 0 saturated heterocycles. The third kappa shape index (κ3) is 6.56. The Kier molecular flexibility index (Phi) is 8.36. The first-order valence-electron chi connectivity index (χ1n) is 9.49. The Morgan fingerprint density at radius 3 is 2.16 bits per heavy atom. The molecule has 1 atom stereocenters. The van der Waals surface area contributed by atoms with E-state index in [0.29, 0.717) is 22.2 Å². The minimum atomic E-state index is -3.86. The van der Waals surface area contributed by atoms with Crippen LogP contribution in [-0.4, -0.2) is 19.6 Å². The van der Waals surface area contributed by atoms with Crippen LogP contribution in [0.2, 0.25) is 15.1 Å². The largest absolute Gasteiger partial charge is 0.325 e. The molecule has 0 aliphatic carbocycles. The molecule has 0 aliphatic rings. The van der Waals surface area contributed by atoms with Gasteiger partial charge in [-0.1, -0.05) is 41.7 Å². The maximum Gasteiger partial charge on any atom is 0.261 e. The number of amides is 1. The Morgan fingerprint density at radius 2 is 1.56 bits per heavy atom. The standard InChI is InChI=1S/C22H19Cl3N2O3S2/c1-2-21(31-17-8-3-14(23)4-9-17)22(28)26-16-6-10-18(11-7-16)32(29,30)27-20-12-5-15(24)13-19(20)25/h3-13,21,27H,2H2,1H3,(H,26,28)/t21-/m1/s1. The number of nitrogens with one attached hydrogen (secondary N) is 2. The molecule has 0 radical (unpaired) electrons. The van der Waals surface area contributed by atoms with Crippen LogP contribution in [0.1, 0.15) is 13.3 Å². The van der Waals surface area contributed by atoms with E-state index in [-0.39, 0.29) is 26.8 Å². The van der Waals surface area contributed by atoms with E-state index >= 15 is 0 Å². The number of rotatable bonds is 8. The van der Waals surface area contributed by atoms with Crippen LogP contribution in [0.5, 0.6) is 0 Å². The Balaban J connectivity index is 1.67. The number of halogens is 3. The monoisotopic (exact) mass is 528 g/mol. The van der Waals surface area contributed by atoms with E-state index in [1.165, 1.54) is 54.2 Å². The molecule has 0 heterocycles. The molecule has 0 saturated carbocycles. The van der Waals surface area contributed by atoms with E-state index in [1.54, 1.807) is 12.1 Å². The molecule has 0 fully saturated rings. The van der Waals surface area contributed by atoms with Crippen molar-refractivity contribution in [1.82, 2.24) is 0 Å². The van der Waals surface area contributed by atoms with Crippen molar-refractivity contribution in [3.8, 4) is 0 Å². The van der Waals surface area contributed by atoms with Crippen LogP contribution in [0.25, 0.3) is 0 Å². The van der Waals surface area contributed by atoms with Crippen LogP contribution in [0, 0.1) is 0 Å². The number of hydrogen-bond acceptors (Lipinski definition) is 4. The summed E-state index contributed by atoms with van der Waals surface area (Å²) in [7, 11) is -3.86. The number of anilines is 2. The van der Waals surface area contributed by atoms with E-state index in [4.69, 9.17) is 34.8 Å². The van der Waals surface area contributed by atoms with Crippen LogP contribution in [0.4, 0.5) is 11.4 Å². The predicted octanol–water partition coefficient (Wildman–Crippen LogP) is 6.96. The summed E-state index contributed by atoms with van der Waals surface area (Å²) in [6.45, 7) is 1.93. The summed E-state index contributed by atoms with van der Waals surface area (Å²) in [6.07, 6.45) is 0.622. The lowest BCUT2D eigenvalue weighted by atomic mass is 10.3. The second kappa shape index (κ2) is 10.8. The third-order valence-corrected chi connectivity index (χ3v) is 7.92. The van der Waals surface area contributed by atoms with Gasteiger partial charge in [0.1, 0.15) is 0 Å². The quantitative estimate of drug-likeness (QED) is 0.309. The lowest BCUT2D eigenvalue weighted by Crippen LogP contribution is -2.24. The zero-order valence-corrected chi connectivity index (χ0v) is 20.7. The molecule has 3 aromatic rings. The van der Waals surface area contributed by atoms with Gasteiger partial charge >= 0.3 is 0 Å². The fraction of sp³-hybridized carbons (Fsp3) is 0.136. The number of thioether (sulfide) groups is 1. The second-order valence-corrected chi connectivity index (χ2v) is 11.0. The molecule has 0 unspecified atom stereocenters. The van der Waals surface area contributed by atoms with Crippen LogP contribution in [0.15, 0.2) is 76.5 Å². The van der Waals surface area contributed by atoms with Gasteiger partial charge in [0.05, 0.1) is 20.9 Å². The molecule has 32 heavy (non-hydrogen) atoms. The van der Waals surface area contributed by atoms with Gasteiger partial charge in [-0.2, -0.15) is 0 Å². The minimum Gasteiger partial charge on any atom is -0.325 e. The fourth-order valence-corrected chi connectivity index (χ4v) is 5.39. The zero-order valence-electron chi connectivity index (χ0n) is 16.8. The van der Waals surface area contributed by atoms with Crippen molar-refractivity contribution in [1.29, 1.82) is 0 Å². The van der Waals surface area contributed by atoms with Gasteiger partial charge in [-0.05, 0) is 73.2 Å². The summed E-state index contributed by atoms with van der Waals surface area (Å²) in [5.41, 5.74) is 0.715. The molecule has 0 bridgehead atoms. The normalized spacial score (nSPS) is 12.2. The molecule has 3 aromatic carbocycles. The molecule has 5 nitrogen and oxygen atoms in total. The highest BCUT2D eigenvalue weighted by Gasteiger charge is 2.19. The Morgan fingerprint density at radius 1 is 0.938 bits per heavy atom. The summed E-state index contributed by atoms with van der Waals surface area (Å²) in [5, 5.41) is 3.74. The highest BCUT2D eigenvalue weighted by Crippen LogP contribution is 2.29. The van der Waals surface area contributed by atoms with Crippen molar-refractivity contribution in [3.05, 3.63) is 81.8 Å². The number of carbonyl (C=O) groups is 1. The van der Waals surface area contributed by atoms with E-state index in [9.17, 15) is 13.2 Å². The van der Waals surface area contributed by atoms with Gasteiger partial charge in [0, 0.05) is 20.6 Å². The molecule has 10 heteroatoms. The molecule has 0 aliphatic heterocycles. The third-order valence-electron chi connectivity index (χ3n) is 4.36. The predicted molar refractivity (Wildman–Crippen MR) is 134 cm³/mol. The molecule has 2 N–H and O–H groups in total. The lowest BCUT2D eigenvalue weighted by molar-refractivity contribution is -0.115. The highest BCUT2D eigenvalue weighted by atomic mass is 35.5. The number of sulfonamides is 1. The molecule has 1 amide bonds. The van der Waals surface area contributed by atoms with Crippen LogP contribution >= 0.6 is 46.6 Å². The van der Waals surface area contributed by atoms with Crippen LogP contribution in [-0.2, 0) is 14.8 Å². The number of hydrogen-bond donors (Lipinski definition) is 2. The molecule has 0 aromatic heterocycles. The van der Waals surface area contributed by atoms with Crippen LogP contribution in [0.3, 0.4) is 0 Å². The van der Waals surface area contributed by atoms with Crippen molar-refractivity contribution in [2.24, 2.45) is 0 Å². The smallest absolute Gasteiger partial charge is 0.261 e. The molecular formula is C22H19Cl3N2O3S2. The Bertz CT molecular complexity index is 1200. The van der Waals surface area contributed by atoms with E-state index in [2.05, 4.69) is 10.0 Å². The minimum absolute atomic E-state index is 0.0316. The highest BCUT2D eigenvalue weighted by molar-refractivity contribution is 8.00. The van der Waals surface area contributed by atoms with E-state index in [0.717, 1.165) is 4.90 Å². The molecular weight excluding hydrogens is 511 g/mol. The maximum atomic E-state index is 12.7. The molecule has 3 rings (SSSR count).